The Bertz CT molecular complexity index is 502. The van der Waals surface area contributed by atoms with E-state index in [2.05, 4.69) is 5.32 Å². The number of nitro groups is 1. The average molecular weight is 281 g/mol. The third-order valence-electron chi connectivity index (χ3n) is 2.71. The lowest BCUT2D eigenvalue weighted by molar-refractivity contribution is -0.384. The van der Waals surface area contributed by atoms with Crippen LogP contribution in [0.15, 0.2) is 18.2 Å². The maximum atomic E-state index is 11.8. The first-order valence-corrected chi connectivity index (χ1v) is 6.16. The maximum Gasteiger partial charge on any atom is 0.270 e. The average Bonchev–Trinajstić information content (AvgIpc) is 2.39. The molecule has 0 radical (unpaired) electrons. The van der Waals surface area contributed by atoms with Crippen LogP contribution < -0.4 is 10.1 Å². The van der Waals surface area contributed by atoms with Crippen molar-refractivity contribution in [2.75, 3.05) is 21.1 Å². The number of hydrogen-bond donors (Lipinski definition) is 1. The molecule has 20 heavy (non-hydrogen) atoms. The van der Waals surface area contributed by atoms with Gasteiger partial charge in [-0.05, 0) is 20.0 Å². The lowest BCUT2D eigenvalue weighted by Crippen LogP contribution is -2.35. The SMILES string of the molecule is CNCc1cc([N+](=O)[O-])ccc1OC(C)C(=O)N(C)C. The van der Waals surface area contributed by atoms with Crippen molar-refractivity contribution in [1.82, 2.24) is 10.2 Å². The molecule has 0 aromatic heterocycles. The molecule has 0 saturated heterocycles. The predicted molar refractivity (Wildman–Crippen MR) is 74.6 cm³/mol. The highest BCUT2D eigenvalue weighted by atomic mass is 16.6. The third-order valence-corrected chi connectivity index (χ3v) is 2.71. The van der Waals surface area contributed by atoms with Crippen LogP contribution in [0.5, 0.6) is 5.75 Å². The van der Waals surface area contributed by atoms with E-state index in [0.29, 0.717) is 17.9 Å². The summed E-state index contributed by atoms with van der Waals surface area (Å²) in [6, 6.07) is 4.32. The van der Waals surface area contributed by atoms with Crippen molar-refractivity contribution in [3.8, 4) is 5.75 Å². The lowest BCUT2D eigenvalue weighted by atomic mass is 10.1. The first kappa shape index (κ1) is 15.9. The molecule has 1 rings (SSSR count). The summed E-state index contributed by atoms with van der Waals surface area (Å²) in [4.78, 5) is 23.5. The van der Waals surface area contributed by atoms with Gasteiger partial charge in [0.15, 0.2) is 6.10 Å². The highest BCUT2D eigenvalue weighted by Gasteiger charge is 2.19. The molecule has 7 heteroatoms. The minimum Gasteiger partial charge on any atom is -0.481 e. The molecule has 0 heterocycles. The van der Waals surface area contributed by atoms with Gasteiger partial charge in [-0.1, -0.05) is 0 Å². The molecule has 0 aliphatic heterocycles. The predicted octanol–water partition coefficient (Wildman–Crippen LogP) is 1.17. The second-order valence-corrected chi connectivity index (χ2v) is 4.57. The van der Waals surface area contributed by atoms with Gasteiger partial charge in [-0.3, -0.25) is 14.9 Å². The third kappa shape index (κ3) is 3.92. The fourth-order valence-electron chi connectivity index (χ4n) is 1.73. The van der Waals surface area contributed by atoms with E-state index in [0.717, 1.165) is 0 Å². The summed E-state index contributed by atoms with van der Waals surface area (Å²) >= 11 is 0. The van der Waals surface area contributed by atoms with Gasteiger partial charge in [0.2, 0.25) is 0 Å². The van der Waals surface area contributed by atoms with Crippen molar-refractivity contribution in [2.45, 2.75) is 19.6 Å². The topological polar surface area (TPSA) is 84.7 Å². The van der Waals surface area contributed by atoms with E-state index in [1.807, 2.05) is 0 Å². The summed E-state index contributed by atoms with van der Waals surface area (Å²) in [5, 5.41) is 13.7. The number of carbonyl (C=O) groups excluding carboxylic acids is 1. The zero-order valence-electron chi connectivity index (χ0n) is 12.0. The maximum absolute atomic E-state index is 11.8. The number of ether oxygens (including phenoxy) is 1. The fourth-order valence-corrected chi connectivity index (χ4v) is 1.73. The number of hydrogen-bond acceptors (Lipinski definition) is 5. The Morgan fingerprint density at radius 1 is 1.50 bits per heavy atom. The van der Waals surface area contributed by atoms with Crippen molar-refractivity contribution < 1.29 is 14.5 Å². The number of likely N-dealkylation sites (N-methyl/N-ethyl adjacent to an activating group) is 1. The number of amides is 1. The van der Waals surface area contributed by atoms with Crippen LogP contribution >= 0.6 is 0 Å². The standard InChI is InChI=1S/C13H19N3O4/c1-9(13(17)15(3)4)20-12-6-5-11(16(18)19)7-10(12)8-14-2/h5-7,9,14H,8H2,1-4H3. The Morgan fingerprint density at radius 3 is 2.65 bits per heavy atom. The summed E-state index contributed by atoms with van der Waals surface area (Å²) in [7, 11) is 5.02. The largest absolute Gasteiger partial charge is 0.481 e. The normalized spacial score (nSPS) is 11.8. The molecular formula is C13H19N3O4. The molecule has 0 bridgehead atoms. The molecule has 1 atom stereocenters. The van der Waals surface area contributed by atoms with Crippen molar-refractivity contribution in [1.29, 1.82) is 0 Å². The van der Waals surface area contributed by atoms with Crippen LogP contribution in [0, 0.1) is 10.1 Å². The number of carbonyl (C=O) groups is 1. The number of nitrogens with one attached hydrogen (secondary N) is 1. The summed E-state index contributed by atoms with van der Waals surface area (Å²) in [5.74, 6) is 0.298. The zero-order chi connectivity index (χ0) is 15.3. The molecule has 0 fully saturated rings. The van der Waals surface area contributed by atoms with Gasteiger partial charge < -0.3 is 15.0 Å². The smallest absolute Gasteiger partial charge is 0.270 e. The summed E-state index contributed by atoms with van der Waals surface area (Å²) in [6.45, 7) is 2.06. The molecule has 0 aliphatic carbocycles. The highest BCUT2D eigenvalue weighted by molar-refractivity contribution is 5.80. The van der Waals surface area contributed by atoms with Gasteiger partial charge in [-0.15, -0.1) is 0 Å². The molecule has 1 aromatic rings. The molecule has 0 aliphatic rings. The Balaban J connectivity index is 2.99. The van der Waals surface area contributed by atoms with E-state index in [-0.39, 0.29) is 11.6 Å². The monoisotopic (exact) mass is 281 g/mol. The van der Waals surface area contributed by atoms with Crippen LogP contribution in [0.1, 0.15) is 12.5 Å². The summed E-state index contributed by atoms with van der Waals surface area (Å²) in [6.07, 6.45) is -0.651. The van der Waals surface area contributed by atoms with E-state index in [1.165, 1.54) is 23.1 Å². The molecule has 1 aromatic carbocycles. The lowest BCUT2D eigenvalue weighted by Gasteiger charge is -2.20. The molecule has 1 unspecified atom stereocenters. The molecule has 7 nitrogen and oxygen atoms in total. The van der Waals surface area contributed by atoms with Gasteiger partial charge in [0.05, 0.1) is 4.92 Å². The Kier molecular flexibility index (Phi) is 5.45. The Morgan fingerprint density at radius 2 is 2.15 bits per heavy atom. The van der Waals surface area contributed by atoms with Gasteiger partial charge in [-0.2, -0.15) is 0 Å². The van der Waals surface area contributed by atoms with Gasteiger partial charge in [0.25, 0.3) is 11.6 Å². The number of non-ortho nitro benzene ring substituents is 1. The van der Waals surface area contributed by atoms with Crippen LogP contribution in [0.2, 0.25) is 0 Å². The number of nitrogens with zero attached hydrogens (tertiary/aromatic N) is 2. The van der Waals surface area contributed by atoms with Gasteiger partial charge >= 0.3 is 0 Å². The van der Waals surface area contributed by atoms with Crippen LogP contribution in [0.25, 0.3) is 0 Å². The summed E-state index contributed by atoms with van der Waals surface area (Å²) < 4.78 is 5.60. The molecule has 1 amide bonds. The van der Waals surface area contributed by atoms with Gasteiger partial charge in [0, 0.05) is 38.3 Å². The second kappa shape index (κ2) is 6.85. The molecular weight excluding hydrogens is 262 g/mol. The number of nitro benzene ring substituents is 1. The minimum atomic E-state index is -0.651. The quantitative estimate of drug-likeness (QED) is 0.625. The van der Waals surface area contributed by atoms with E-state index in [4.69, 9.17) is 4.74 Å². The highest BCUT2D eigenvalue weighted by Crippen LogP contribution is 2.25. The van der Waals surface area contributed by atoms with Crippen molar-refractivity contribution in [3.63, 3.8) is 0 Å². The minimum absolute atomic E-state index is 0.00538. The Labute approximate surface area is 117 Å². The van der Waals surface area contributed by atoms with Gasteiger partial charge in [-0.25, -0.2) is 0 Å². The molecule has 0 spiro atoms. The van der Waals surface area contributed by atoms with Crippen molar-refractivity contribution >= 4 is 11.6 Å². The first-order chi connectivity index (χ1) is 9.36. The van der Waals surface area contributed by atoms with E-state index in [1.54, 1.807) is 28.1 Å². The summed E-state index contributed by atoms with van der Waals surface area (Å²) in [5.41, 5.74) is 0.634. The van der Waals surface area contributed by atoms with Crippen LogP contribution in [-0.4, -0.2) is 43.0 Å². The Hall–Kier alpha value is -2.15. The molecule has 110 valence electrons. The van der Waals surface area contributed by atoms with Crippen LogP contribution in [-0.2, 0) is 11.3 Å². The van der Waals surface area contributed by atoms with Crippen molar-refractivity contribution in [3.05, 3.63) is 33.9 Å². The second-order valence-electron chi connectivity index (χ2n) is 4.57. The van der Waals surface area contributed by atoms with E-state index >= 15 is 0 Å². The van der Waals surface area contributed by atoms with E-state index in [9.17, 15) is 14.9 Å². The number of rotatable bonds is 6. The van der Waals surface area contributed by atoms with Gasteiger partial charge in [0.1, 0.15) is 5.75 Å². The number of benzene rings is 1. The zero-order valence-corrected chi connectivity index (χ0v) is 12.0. The van der Waals surface area contributed by atoms with Crippen LogP contribution in [0.3, 0.4) is 0 Å². The molecule has 0 saturated carbocycles. The van der Waals surface area contributed by atoms with Crippen LogP contribution in [0.4, 0.5) is 5.69 Å². The van der Waals surface area contributed by atoms with Crippen molar-refractivity contribution in [2.24, 2.45) is 0 Å². The fraction of sp³-hybridized carbons (Fsp3) is 0.462. The molecule has 1 N–H and O–H groups in total. The van der Waals surface area contributed by atoms with E-state index < -0.39 is 11.0 Å². The first-order valence-electron chi connectivity index (χ1n) is 6.16.